The average molecular weight is 241 g/mol. The molecule has 0 bridgehead atoms. The molecule has 1 heterocycles. The number of aliphatic hydroxyl groups is 1. The number of aromatic nitrogens is 1. The molecule has 1 N–H and O–H groups in total. The number of pyridine rings is 1. The van der Waals surface area contributed by atoms with Gasteiger partial charge in [0.1, 0.15) is 0 Å². The van der Waals surface area contributed by atoms with Gasteiger partial charge in [-0.15, -0.1) is 0 Å². The Morgan fingerprint density at radius 1 is 1.29 bits per heavy atom. The summed E-state index contributed by atoms with van der Waals surface area (Å²) in [4.78, 5) is 3.90. The Kier molecular flexibility index (Phi) is 3.72. The van der Waals surface area contributed by atoms with E-state index < -0.39 is 12.0 Å². The third kappa shape index (κ3) is 3.46. The number of nitrogens with zero attached hydrogens (tertiary/aromatic N) is 1. The summed E-state index contributed by atoms with van der Waals surface area (Å²) in [5, 5.41) is 10.0. The van der Waals surface area contributed by atoms with Crippen LogP contribution in [0.3, 0.4) is 0 Å². The van der Waals surface area contributed by atoms with Gasteiger partial charge in [0.05, 0.1) is 6.10 Å². The second-order valence-corrected chi connectivity index (χ2v) is 4.82. The Labute approximate surface area is 99.7 Å². The predicted molar refractivity (Wildman–Crippen MR) is 60.9 cm³/mol. The molecule has 1 unspecified atom stereocenters. The van der Waals surface area contributed by atoms with Gasteiger partial charge in [-0.25, -0.2) is 8.78 Å². The summed E-state index contributed by atoms with van der Waals surface area (Å²) in [5.74, 6) is -2.52. The Balaban J connectivity index is 1.87. The van der Waals surface area contributed by atoms with E-state index in [0.717, 1.165) is 5.56 Å². The van der Waals surface area contributed by atoms with Gasteiger partial charge in [-0.05, 0) is 42.9 Å². The van der Waals surface area contributed by atoms with Gasteiger partial charge in [-0.3, -0.25) is 4.98 Å². The molecule has 0 amide bonds. The fourth-order valence-corrected chi connectivity index (χ4v) is 2.37. The number of halogens is 2. The van der Waals surface area contributed by atoms with Crippen molar-refractivity contribution < 1.29 is 13.9 Å². The van der Waals surface area contributed by atoms with Gasteiger partial charge in [0, 0.05) is 25.2 Å². The first-order valence-corrected chi connectivity index (χ1v) is 6.02. The molecular weight excluding hydrogens is 224 g/mol. The third-order valence-corrected chi connectivity index (χ3v) is 3.50. The van der Waals surface area contributed by atoms with E-state index in [1.807, 2.05) is 12.1 Å². The van der Waals surface area contributed by atoms with Crippen molar-refractivity contribution >= 4 is 0 Å². The van der Waals surface area contributed by atoms with Gasteiger partial charge >= 0.3 is 0 Å². The van der Waals surface area contributed by atoms with Crippen LogP contribution in [0.25, 0.3) is 0 Å². The molecule has 0 radical (unpaired) electrons. The number of aliphatic hydroxyl groups excluding tert-OH is 1. The van der Waals surface area contributed by atoms with Crippen LogP contribution in [0, 0.1) is 5.92 Å². The largest absolute Gasteiger partial charge is 0.392 e. The highest BCUT2D eigenvalue weighted by molar-refractivity contribution is 5.11. The van der Waals surface area contributed by atoms with Crippen LogP contribution in [-0.2, 0) is 6.42 Å². The number of rotatable bonds is 3. The molecule has 2 rings (SSSR count). The van der Waals surface area contributed by atoms with E-state index in [9.17, 15) is 13.9 Å². The molecule has 1 aromatic rings. The molecule has 4 heteroatoms. The summed E-state index contributed by atoms with van der Waals surface area (Å²) in [6, 6.07) is 3.70. The lowest BCUT2D eigenvalue weighted by atomic mass is 9.81. The van der Waals surface area contributed by atoms with Gasteiger partial charge < -0.3 is 5.11 Å². The fourth-order valence-electron chi connectivity index (χ4n) is 2.37. The highest BCUT2D eigenvalue weighted by Crippen LogP contribution is 2.37. The molecule has 2 nitrogen and oxygen atoms in total. The van der Waals surface area contributed by atoms with Crippen LogP contribution in [0.2, 0.25) is 0 Å². The fraction of sp³-hybridized carbons (Fsp3) is 0.615. The Bertz CT molecular complexity index is 346. The predicted octanol–water partition coefficient (Wildman–Crippen LogP) is 2.81. The molecule has 0 saturated heterocycles. The van der Waals surface area contributed by atoms with Crippen LogP contribution in [-0.4, -0.2) is 22.1 Å². The summed E-state index contributed by atoms with van der Waals surface area (Å²) >= 11 is 0. The molecule has 0 aromatic carbocycles. The molecule has 0 aliphatic heterocycles. The summed E-state index contributed by atoms with van der Waals surface area (Å²) in [6.45, 7) is 0. The summed E-state index contributed by atoms with van der Waals surface area (Å²) in [6.07, 6.45) is 4.01. The second-order valence-electron chi connectivity index (χ2n) is 4.82. The maximum atomic E-state index is 13.0. The molecule has 1 saturated carbocycles. The molecular formula is C13H17F2NO. The summed E-state index contributed by atoms with van der Waals surface area (Å²) < 4.78 is 26.0. The standard InChI is InChI=1S/C13H17F2NO/c14-13(15)5-1-11(2-6-13)12(17)9-10-3-7-16-8-4-10/h3-4,7-8,11-12,17H,1-2,5-6,9H2. The van der Waals surface area contributed by atoms with Crippen LogP contribution in [0.4, 0.5) is 8.78 Å². The average Bonchev–Trinajstić information content (AvgIpc) is 2.30. The van der Waals surface area contributed by atoms with Crippen molar-refractivity contribution in [1.29, 1.82) is 0 Å². The normalized spacial score (nSPS) is 22.3. The van der Waals surface area contributed by atoms with E-state index in [1.165, 1.54) is 0 Å². The zero-order chi connectivity index (χ0) is 12.3. The lowest BCUT2D eigenvalue weighted by Gasteiger charge is -2.31. The van der Waals surface area contributed by atoms with Gasteiger partial charge in [0.15, 0.2) is 0 Å². The minimum atomic E-state index is -2.52. The number of alkyl halides is 2. The van der Waals surface area contributed by atoms with Crippen LogP contribution >= 0.6 is 0 Å². The molecule has 17 heavy (non-hydrogen) atoms. The zero-order valence-corrected chi connectivity index (χ0v) is 9.65. The number of hydrogen-bond acceptors (Lipinski definition) is 2. The van der Waals surface area contributed by atoms with Gasteiger partial charge in [-0.1, -0.05) is 0 Å². The van der Waals surface area contributed by atoms with Gasteiger partial charge in [0.25, 0.3) is 0 Å². The topological polar surface area (TPSA) is 33.1 Å². The minimum Gasteiger partial charge on any atom is -0.392 e. The molecule has 0 spiro atoms. The highest BCUT2D eigenvalue weighted by Gasteiger charge is 2.37. The maximum absolute atomic E-state index is 13.0. The van der Waals surface area contributed by atoms with E-state index in [4.69, 9.17) is 0 Å². The van der Waals surface area contributed by atoms with Crippen molar-refractivity contribution in [2.45, 2.75) is 44.1 Å². The van der Waals surface area contributed by atoms with Crippen LogP contribution in [0.1, 0.15) is 31.2 Å². The van der Waals surface area contributed by atoms with Crippen molar-refractivity contribution in [2.75, 3.05) is 0 Å². The van der Waals surface area contributed by atoms with Gasteiger partial charge in [-0.2, -0.15) is 0 Å². The minimum absolute atomic E-state index is 0.00258. The quantitative estimate of drug-likeness (QED) is 0.882. The van der Waals surface area contributed by atoms with E-state index in [-0.39, 0.29) is 18.8 Å². The molecule has 1 aromatic heterocycles. The van der Waals surface area contributed by atoms with Crippen LogP contribution in [0.15, 0.2) is 24.5 Å². The Hall–Kier alpha value is -1.03. The first-order chi connectivity index (χ1) is 8.07. The summed E-state index contributed by atoms with van der Waals surface area (Å²) in [7, 11) is 0. The van der Waals surface area contributed by atoms with E-state index in [0.29, 0.717) is 19.3 Å². The number of hydrogen-bond donors (Lipinski definition) is 1. The molecule has 94 valence electrons. The first-order valence-electron chi connectivity index (χ1n) is 6.02. The Morgan fingerprint density at radius 3 is 2.47 bits per heavy atom. The third-order valence-electron chi connectivity index (χ3n) is 3.50. The molecule has 1 atom stereocenters. The van der Waals surface area contributed by atoms with Gasteiger partial charge in [0.2, 0.25) is 5.92 Å². The Morgan fingerprint density at radius 2 is 1.88 bits per heavy atom. The van der Waals surface area contributed by atoms with Crippen molar-refractivity contribution in [1.82, 2.24) is 4.98 Å². The van der Waals surface area contributed by atoms with E-state index in [1.54, 1.807) is 12.4 Å². The summed E-state index contributed by atoms with van der Waals surface area (Å²) in [5.41, 5.74) is 1.00. The van der Waals surface area contributed by atoms with E-state index >= 15 is 0 Å². The lowest BCUT2D eigenvalue weighted by Crippen LogP contribution is -2.32. The zero-order valence-electron chi connectivity index (χ0n) is 9.65. The van der Waals surface area contributed by atoms with Crippen molar-refractivity contribution in [3.63, 3.8) is 0 Å². The van der Waals surface area contributed by atoms with Crippen molar-refractivity contribution in [3.8, 4) is 0 Å². The van der Waals surface area contributed by atoms with Crippen LogP contribution < -0.4 is 0 Å². The SMILES string of the molecule is OC(Cc1ccncc1)C1CCC(F)(F)CC1. The lowest BCUT2D eigenvalue weighted by molar-refractivity contribution is -0.0619. The highest BCUT2D eigenvalue weighted by atomic mass is 19.3. The monoisotopic (exact) mass is 241 g/mol. The first kappa shape index (κ1) is 12.4. The molecule has 1 aliphatic carbocycles. The molecule has 1 aliphatic rings. The van der Waals surface area contributed by atoms with Crippen molar-refractivity contribution in [3.05, 3.63) is 30.1 Å². The van der Waals surface area contributed by atoms with Crippen LogP contribution in [0.5, 0.6) is 0 Å². The smallest absolute Gasteiger partial charge is 0.248 e. The second kappa shape index (κ2) is 5.08. The maximum Gasteiger partial charge on any atom is 0.248 e. The molecule has 1 fully saturated rings. The van der Waals surface area contributed by atoms with Crippen molar-refractivity contribution in [2.24, 2.45) is 5.92 Å². The van der Waals surface area contributed by atoms with E-state index in [2.05, 4.69) is 4.98 Å².